The van der Waals surface area contributed by atoms with Crippen LogP contribution in [0.2, 0.25) is 10.0 Å². The lowest BCUT2D eigenvalue weighted by Crippen LogP contribution is -2.40. The van der Waals surface area contributed by atoms with Gasteiger partial charge in [0.05, 0.1) is 28.6 Å². The van der Waals surface area contributed by atoms with Gasteiger partial charge in [0, 0.05) is 38.2 Å². The minimum absolute atomic E-state index is 0.108. The van der Waals surface area contributed by atoms with E-state index in [0.29, 0.717) is 25.9 Å². The molecule has 0 aliphatic carbocycles. The molecule has 0 aliphatic rings. The Morgan fingerprint density at radius 2 is 1.81 bits per heavy atom. The van der Waals surface area contributed by atoms with Crippen molar-refractivity contribution in [3.63, 3.8) is 0 Å². The average Bonchev–Trinajstić information content (AvgIpc) is 2.69. The molecule has 0 fully saturated rings. The van der Waals surface area contributed by atoms with Crippen molar-refractivity contribution in [2.45, 2.75) is 11.1 Å². The van der Waals surface area contributed by atoms with Gasteiger partial charge in [0.15, 0.2) is 0 Å². The summed E-state index contributed by atoms with van der Waals surface area (Å²) in [5.74, 6) is 0.186. The summed E-state index contributed by atoms with van der Waals surface area (Å²) in [7, 11) is 5.43. The van der Waals surface area contributed by atoms with Crippen LogP contribution in [-0.2, 0) is 22.8 Å². The molecule has 0 N–H and O–H groups in total. The number of aromatic nitrogens is 2. The van der Waals surface area contributed by atoms with Crippen LogP contribution in [0, 0.1) is 0 Å². The molecular weight excluding hydrogens is 494 g/mol. The van der Waals surface area contributed by atoms with Crippen molar-refractivity contribution in [1.29, 1.82) is 0 Å². The number of nitrogens with zero attached hydrogens (tertiary/aromatic N) is 3. The first-order valence-electron chi connectivity index (χ1n) is 8.76. The fraction of sp³-hybridized carbons (Fsp3) is 0.316. The van der Waals surface area contributed by atoms with Gasteiger partial charge in [-0.2, -0.15) is 13.2 Å². The van der Waals surface area contributed by atoms with Gasteiger partial charge in [0.2, 0.25) is 5.91 Å². The molecule has 0 bridgehead atoms. The molecule has 0 unspecified atom stereocenters. The van der Waals surface area contributed by atoms with Crippen molar-refractivity contribution in [1.82, 2.24) is 14.0 Å². The van der Waals surface area contributed by atoms with Crippen molar-refractivity contribution >= 4 is 40.9 Å². The van der Waals surface area contributed by atoms with Gasteiger partial charge in [-0.15, -0.1) is 11.8 Å². The monoisotopic (exact) mass is 511 g/mol. The van der Waals surface area contributed by atoms with Crippen LogP contribution < -0.4 is 11.2 Å². The van der Waals surface area contributed by atoms with E-state index in [9.17, 15) is 27.6 Å². The maximum atomic E-state index is 13.1. The highest BCUT2D eigenvalue weighted by Crippen LogP contribution is 2.34. The summed E-state index contributed by atoms with van der Waals surface area (Å²) in [6.45, 7) is 0. The lowest BCUT2D eigenvalue weighted by Gasteiger charge is -2.16. The van der Waals surface area contributed by atoms with E-state index in [4.69, 9.17) is 27.9 Å². The van der Waals surface area contributed by atoms with Crippen molar-refractivity contribution in [2.75, 3.05) is 27.0 Å². The van der Waals surface area contributed by atoms with E-state index in [1.54, 1.807) is 14.1 Å². The predicted molar refractivity (Wildman–Crippen MR) is 117 cm³/mol. The summed E-state index contributed by atoms with van der Waals surface area (Å²) in [4.78, 5) is 38.5. The van der Waals surface area contributed by atoms with Gasteiger partial charge in [0.1, 0.15) is 11.5 Å². The first kappa shape index (κ1) is 25.9. The van der Waals surface area contributed by atoms with Gasteiger partial charge >= 0.3 is 11.9 Å². The number of hydrogen-bond donors (Lipinski definition) is 0. The Hall–Kier alpha value is -2.37. The largest absolute Gasteiger partial charge is 0.500 e. The Morgan fingerprint density at radius 1 is 1.19 bits per heavy atom. The molecule has 32 heavy (non-hydrogen) atoms. The highest BCUT2D eigenvalue weighted by molar-refractivity contribution is 7.99. The van der Waals surface area contributed by atoms with Crippen LogP contribution in [0.1, 0.15) is 5.69 Å². The lowest BCUT2D eigenvalue weighted by atomic mass is 10.3. The molecule has 1 aromatic heterocycles. The van der Waals surface area contributed by atoms with Crippen molar-refractivity contribution in [3.05, 3.63) is 66.6 Å². The van der Waals surface area contributed by atoms with Gasteiger partial charge in [-0.05, 0) is 12.1 Å². The van der Waals surface area contributed by atoms with Crippen LogP contribution in [0.25, 0.3) is 5.69 Å². The number of thioether (sulfide) groups is 1. The third-order valence-electron chi connectivity index (χ3n) is 4.21. The van der Waals surface area contributed by atoms with Crippen LogP contribution >= 0.6 is 35.0 Å². The number of methoxy groups -OCH3 is 1. The molecule has 13 heteroatoms. The number of halogens is 5. The maximum absolute atomic E-state index is 13.1. The second-order valence-corrected chi connectivity index (χ2v) is 8.44. The molecule has 7 nitrogen and oxygen atoms in total. The van der Waals surface area contributed by atoms with Crippen LogP contribution in [0.5, 0.6) is 0 Å². The molecule has 0 saturated carbocycles. The summed E-state index contributed by atoms with van der Waals surface area (Å²) < 4.78 is 45.3. The quantitative estimate of drug-likeness (QED) is 0.336. The fourth-order valence-electron chi connectivity index (χ4n) is 2.49. The summed E-state index contributed by atoms with van der Waals surface area (Å²) >= 11 is 13.5. The number of ether oxygens (including phenoxy) is 1. The first-order valence-corrected chi connectivity index (χ1v) is 10.5. The van der Waals surface area contributed by atoms with Crippen LogP contribution in [-0.4, -0.2) is 46.9 Å². The van der Waals surface area contributed by atoms with Crippen molar-refractivity contribution < 1.29 is 22.7 Å². The highest BCUT2D eigenvalue weighted by Gasteiger charge is 2.35. The van der Waals surface area contributed by atoms with Gasteiger partial charge in [-0.1, -0.05) is 23.2 Å². The molecule has 174 valence electrons. The molecular formula is C19H18Cl2F3N3O4S. The molecule has 1 heterocycles. The van der Waals surface area contributed by atoms with Gasteiger partial charge in [-0.25, -0.2) is 9.36 Å². The third kappa shape index (κ3) is 5.70. The minimum Gasteiger partial charge on any atom is -0.500 e. The van der Waals surface area contributed by atoms with E-state index in [2.05, 4.69) is 0 Å². The molecule has 1 amide bonds. The zero-order valence-electron chi connectivity index (χ0n) is 17.3. The topological polar surface area (TPSA) is 73.5 Å². The number of rotatable bonds is 6. The standard InChI is InChI=1S/C19H18Cl2F3N3O4S/c1-25(2)16(28)5-10(31-4)9-32-14-7-13(11(20)6-12(14)21)27-17(29)8-15(19(22,23)24)26(3)18(27)30/h5-8H,9H2,1-4H3/b10-5+. The Labute approximate surface area is 195 Å². The summed E-state index contributed by atoms with van der Waals surface area (Å²) in [6.07, 6.45) is -3.60. The molecule has 0 aliphatic heterocycles. The molecule has 0 saturated heterocycles. The molecule has 0 radical (unpaired) electrons. The second kappa shape index (κ2) is 10.1. The van der Waals surface area contributed by atoms with Gasteiger partial charge < -0.3 is 9.64 Å². The van der Waals surface area contributed by atoms with E-state index in [1.165, 1.54) is 30.2 Å². The Kier molecular flexibility index (Phi) is 8.13. The van der Waals surface area contributed by atoms with E-state index < -0.39 is 23.1 Å². The van der Waals surface area contributed by atoms with E-state index in [-0.39, 0.29) is 27.4 Å². The number of likely N-dealkylation sites (N-methyl/N-ethyl adjacent to an activating group) is 1. The molecule has 2 aromatic rings. The van der Waals surface area contributed by atoms with Crippen molar-refractivity contribution in [3.8, 4) is 5.69 Å². The predicted octanol–water partition coefficient (Wildman–Crippen LogP) is 3.57. The fourth-order valence-corrected chi connectivity index (χ4v) is 4.02. The number of benzene rings is 1. The van der Waals surface area contributed by atoms with Crippen LogP contribution in [0.15, 0.2) is 44.5 Å². The number of hydrogen-bond acceptors (Lipinski definition) is 5. The average molecular weight is 512 g/mol. The highest BCUT2D eigenvalue weighted by atomic mass is 35.5. The molecule has 2 rings (SSSR count). The van der Waals surface area contributed by atoms with E-state index in [1.807, 2.05) is 0 Å². The van der Waals surface area contributed by atoms with Crippen LogP contribution in [0.3, 0.4) is 0 Å². The Bertz CT molecular complexity index is 1190. The summed E-state index contributed by atoms with van der Waals surface area (Å²) in [6, 6.07) is 2.90. The lowest BCUT2D eigenvalue weighted by molar-refractivity contribution is -0.144. The summed E-state index contributed by atoms with van der Waals surface area (Å²) in [5, 5.41) is 0.0681. The van der Waals surface area contributed by atoms with Gasteiger partial charge in [-0.3, -0.25) is 14.2 Å². The SMILES string of the molecule is CO/C(=C/C(=O)N(C)C)CSc1cc(-n2c(=O)cc(C(F)(F)F)n(C)c2=O)c(Cl)cc1Cl. The smallest absolute Gasteiger partial charge is 0.431 e. The first-order chi connectivity index (χ1) is 14.8. The number of amides is 1. The zero-order valence-corrected chi connectivity index (χ0v) is 19.6. The van der Waals surface area contributed by atoms with Crippen LogP contribution in [0.4, 0.5) is 13.2 Å². The number of alkyl halides is 3. The third-order valence-corrected chi connectivity index (χ3v) is 6.02. The van der Waals surface area contributed by atoms with Crippen molar-refractivity contribution in [2.24, 2.45) is 7.05 Å². The second-order valence-electron chi connectivity index (χ2n) is 6.61. The maximum Gasteiger partial charge on any atom is 0.431 e. The number of carbonyl (C=O) groups excluding carboxylic acids is 1. The minimum atomic E-state index is -4.89. The van der Waals surface area contributed by atoms with E-state index in [0.717, 1.165) is 18.8 Å². The molecule has 1 aromatic carbocycles. The number of carbonyl (C=O) groups is 1. The summed E-state index contributed by atoms with van der Waals surface area (Å²) in [5.41, 5.74) is -3.94. The van der Waals surface area contributed by atoms with Gasteiger partial charge in [0.25, 0.3) is 5.56 Å². The molecule has 0 spiro atoms. The zero-order chi connectivity index (χ0) is 24.4. The Balaban J connectivity index is 2.53. The normalized spacial score (nSPS) is 12.1. The Morgan fingerprint density at radius 3 is 2.34 bits per heavy atom. The molecule has 0 atom stereocenters. The van der Waals surface area contributed by atoms with E-state index >= 15 is 0 Å².